The van der Waals surface area contributed by atoms with Crippen LogP contribution in [0, 0.1) is 6.92 Å². The zero-order valence-electron chi connectivity index (χ0n) is 13.4. The Hall–Kier alpha value is -2.28. The van der Waals surface area contributed by atoms with Crippen molar-refractivity contribution in [3.05, 3.63) is 45.7 Å². The SMILES string of the molecule is Cc1cc(OC2CN(C(=O)Nc3cccs3)C2)cc(=O)n1C1CC1. The van der Waals surface area contributed by atoms with Gasteiger partial charge >= 0.3 is 6.03 Å². The number of anilines is 1. The van der Waals surface area contributed by atoms with E-state index in [1.165, 1.54) is 11.3 Å². The monoisotopic (exact) mass is 345 g/mol. The van der Waals surface area contributed by atoms with Crippen LogP contribution in [0.3, 0.4) is 0 Å². The van der Waals surface area contributed by atoms with E-state index in [0.29, 0.717) is 24.9 Å². The number of carbonyl (C=O) groups is 1. The van der Waals surface area contributed by atoms with Gasteiger partial charge in [-0.1, -0.05) is 0 Å². The molecule has 24 heavy (non-hydrogen) atoms. The van der Waals surface area contributed by atoms with E-state index in [0.717, 1.165) is 23.5 Å². The van der Waals surface area contributed by atoms with E-state index in [2.05, 4.69) is 5.32 Å². The second-order valence-electron chi connectivity index (χ2n) is 6.32. The van der Waals surface area contributed by atoms with E-state index in [1.807, 2.05) is 35.1 Å². The van der Waals surface area contributed by atoms with Crippen molar-refractivity contribution in [3.63, 3.8) is 0 Å². The zero-order chi connectivity index (χ0) is 16.7. The Morgan fingerprint density at radius 1 is 1.33 bits per heavy atom. The van der Waals surface area contributed by atoms with Gasteiger partial charge in [0.25, 0.3) is 5.56 Å². The minimum atomic E-state index is -0.113. The summed E-state index contributed by atoms with van der Waals surface area (Å²) in [6.07, 6.45) is 2.10. The van der Waals surface area contributed by atoms with Crippen molar-refractivity contribution in [2.45, 2.75) is 31.9 Å². The number of amides is 2. The number of aryl methyl sites for hydroxylation is 1. The molecule has 3 heterocycles. The molecule has 1 saturated carbocycles. The fraction of sp³-hybridized carbons (Fsp3) is 0.412. The summed E-state index contributed by atoms with van der Waals surface area (Å²) in [5.41, 5.74) is 0.936. The van der Waals surface area contributed by atoms with Gasteiger partial charge in [-0.15, -0.1) is 11.3 Å². The molecule has 4 rings (SSSR count). The summed E-state index contributed by atoms with van der Waals surface area (Å²) in [4.78, 5) is 25.9. The highest BCUT2D eigenvalue weighted by molar-refractivity contribution is 7.14. The van der Waals surface area contributed by atoms with E-state index in [4.69, 9.17) is 4.74 Å². The number of hydrogen-bond donors (Lipinski definition) is 1. The molecule has 0 radical (unpaired) electrons. The number of pyridine rings is 1. The summed E-state index contributed by atoms with van der Waals surface area (Å²) in [5.74, 6) is 0.595. The predicted octanol–water partition coefficient (Wildman–Crippen LogP) is 2.85. The molecular formula is C17H19N3O3S. The van der Waals surface area contributed by atoms with Crippen LogP contribution in [0.5, 0.6) is 5.75 Å². The zero-order valence-corrected chi connectivity index (χ0v) is 14.2. The molecule has 2 amide bonds. The van der Waals surface area contributed by atoms with Gasteiger partial charge < -0.3 is 14.2 Å². The highest BCUT2D eigenvalue weighted by atomic mass is 32.1. The Balaban J connectivity index is 1.33. The number of rotatable bonds is 4. The van der Waals surface area contributed by atoms with Crippen molar-refractivity contribution in [1.82, 2.24) is 9.47 Å². The average Bonchev–Trinajstić information content (AvgIpc) is 3.18. The normalized spacial score (nSPS) is 17.5. The average molecular weight is 345 g/mol. The molecular weight excluding hydrogens is 326 g/mol. The van der Waals surface area contributed by atoms with Gasteiger partial charge in [0.2, 0.25) is 0 Å². The van der Waals surface area contributed by atoms with Crippen LogP contribution in [0.1, 0.15) is 24.6 Å². The Kier molecular flexibility index (Phi) is 3.80. The molecule has 1 saturated heterocycles. The number of nitrogens with zero attached hydrogens (tertiary/aromatic N) is 2. The quantitative estimate of drug-likeness (QED) is 0.927. The largest absolute Gasteiger partial charge is 0.486 e. The number of nitrogens with one attached hydrogen (secondary N) is 1. The third kappa shape index (κ3) is 3.03. The first-order chi connectivity index (χ1) is 11.6. The number of carbonyl (C=O) groups excluding carboxylic acids is 1. The topological polar surface area (TPSA) is 63.6 Å². The summed E-state index contributed by atoms with van der Waals surface area (Å²) in [6.45, 7) is 3.00. The lowest BCUT2D eigenvalue weighted by molar-refractivity contribution is 0.0490. The predicted molar refractivity (Wildman–Crippen MR) is 93.0 cm³/mol. The van der Waals surface area contributed by atoms with E-state index in [-0.39, 0.29) is 17.7 Å². The van der Waals surface area contributed by atoms with Gasteiger partial charge in [0.1, 0.15) is 11.9 Å². The lowest BCUT2D eigenvalue weighted by Gasteiger charge is -2.38. The van der Waals surface area contributed by atoms with E-state index < -0.39 is 0 Å². The molecule has 1 N–H and O–H groups in total. The smallest absolute Gasteiger partial charge is 0.322 e. The van der Waals surface area contributed by atoms with Crippen LogP contribution in [0.25, 0.3) is 0 Å². The van der Waals surface area contributed by atoms with Crippen molar-refractivity contribution in [3.8, 4) is 5.75 Å². The second kappa shape index (κ2) is 5.98. The molecule has 2 aromatic heterocycles. The van der Waals surface area contributed by atoms with Crippen molar-refractivity contribution in [1.29, 1.82) is 0 Å². The highest BCUT2D eigenvalue weighted by Gasteiger charge is 2.33. The second-order valence-corrected chi connectivity index (χ2v) is 7.27. The van der Waals surface area contributed by atoms with Crippen molar-refractivity contribution in [2.75, 3.05) is 18.4 Å². The van der Waals surface area contributed by atoms with Gasteiger partial charge in [-0.25, -0.2) is 4.79 Å². The van der Waals surface area contributed by atoms with E-state index >= 15 is 0 Å². The van der Waals surface area contributed by atoms with Crippen LogP contribution < -0.4 is 15.6 Å². The molecule has 0 unspecified atom stereocenters. The van der Waals surface area contributed by atoms with Crippen molar-refractivity contribution in [2.24, 2.45) is 0 Å². The lowest BCUT2D eigenvalue weighted by Crippen LogP contribution is -2.57. The van der Waals surface area contributed by atoms with Gasteiger partial charge in [-0.05, 0) is 43.3 Å². The molecule has 2 aromatic rings. The Bertz CT molecular complexity index is 805. The number of ether oxygens (including phenoxy) is 1. The summed E-state index contributed by atoms with van der Waals surface area (Å²) < 4.78 is 7.69. The maximum atomic E-state index is 12.2. The van der Waals surface area contributed by atoms with Gasteiger partial charge in [-0.3, -0.25) is 10.1 Å². The Labute approximate surface area is 143 Å². The molecule has 2 fully saturated rings. The van der Waals surface area contributed by atoms with E-state index in [9.17, 15) is 9.59 Å². The fourth-order valence-corrected chi connectivity index (χ4v) is 3.56. The highest BCUT2D eigenvalue weighted by Crippen LogP contribution is 2.35. The molecule has 7 heteroatoms. The van der Waals surface area contributed by atoms with Gasteiger partial charge in [0, 0.05) is 17.8 Å². The Morgan fingerprint density at radius 2 is 2.12 bits per heavy atom. The van der Waals surface area contributed by atoms with Crippen molar-refractivity contribution < 1.29 is 9.53 Å². The minimum Gasteiger partial charge on any atom is -0.486 e. The number of hydrogen-bond acceptors (Lipinski definition) is 4. The van der Waals surface area contributed by atoms with Crippen LogP contribution in [0.15, 0.2) is 34.4 Å². The molecule has 0 bridgehead atoms. The first-order valence-corrected chi connectivity index (χ1v) is 8.97. The fourth-order valence-electron chi connectivity index (χ4n) is 2.96. The lowest BCUT2D eigenvalue weighted by atomic mass is 10.2. The molecule has 1 aliphatic carbocycles. The van der Waals surface area contributed by atoms with Crippen LogP contribution in [-0.4, -0.2) is 34.7 Å². The number of likely N-dealkylation sites (tertiary alicyclic amines) is 1. The van der Waals surface area contributed by atoms with Gasteiger partial charge in [0.15, 0.2) is 0 Å². The number of thiophene rings is 1. The van der Waals surface area contributed by atoms with Crippen LogP contribution in [0.4, 0.5) is 9.80 Å². The molecule has 126 valence electrons. The molecule has 0 atom stereocenters. The first kappa shape index (κ1) is 15.3. The van der Waals surface area contributed by atoms with Crippen LogP contribution in [-0.2, 0) is 0 Å². The van der Waals surface area contributed by atoms with Gasteiger partial charge in [-0.2, -0.15) is 0 Å². The summed E-state index contributed by atoms with van der Waals surface area (Å²) in [5, 5.41) is 5.61. The van der Waals surface area contributed by atoms with Gasteiger partial charge in [0.05, 0.1) is 18.1 Å². The number of aromatic nitrogens is 1. The van der Waals surface area contributed by atoms with Crippen LogP contribution >= 0.6 is 11.3 Å². The molecule has 2 aliphatic rings. The first-order valence-electron chi connectivity index (χ1n) is 8.09. The van der Waals surface area contributed by atoms with Crippen LogP contribution in [0.2, 0.25) is 0 Å². The summed E-state index contributed by atoms with van der Waals surface area (Å²) >= 11 is 1.49. The standard InChI is InChI=1S/C17H19N3O3S/c1-11-7-13(8-16(21)20(11)12-4-5-12)23-14-9-19(10-14)17(22)18-15-3-2-6-24-15/h2-3,6-8,12,14H,4-5,9-10H2,1H3,(H,18,22). The molecule has 1 aliphatic heterocycles. The third-order valence-electron chi connectivity index (χ3n) is 4.34. The maximum Gasteiger partial charge on any atom is 0.322 e. The maximum absolute atomic E-state index is 12.2. The molecule has 0 spiro atoms. The summed E-state index contributed by atoms with van der Waals surface area (Å²) in [7, 11) is 0. The molecule has 6 nitrogen and oxygen atoms in total. The molecule has 0 aromatic carbocycles. The third-order valence-corrected chi connectivity index (χ3v) is 5.12. The summed E-state index contributed by atoms with van der Waals surface area (Å²) in [6, 6.07) is 7.49. The minimum absolute atomic E-state index is 0.000817. The number of urea groups is 1. The van der Waals surface area contributed by atoms with E-state index in [1.54, 1.807) is 11.0 Å². The Morgan fingerprint density at radius 3 is 2.75 bits per heavy atom. The van der Waals surface area contributed by atoms with Crippen molar-refractivity contribution >= 4 is 22.4 Å².